The van der Waals surface area contributed by atoms with Crippen molar-refractivity contribution >= 4 is 28.9 Å². The number of amides is 2. The van der Waals surface area contributed by atoms with Crippen molar-refractivity contribution in [3.63, 3.8) is 0 Å². The highest BCUT2D eigenvalue weighted by molar-refractivity contribution is 6.13. The van der Waals surface area contributed by atoms with Gasteiger partial charge in [0.2, 0.25) is 11.8 Å². The second-order valence-electron chi connectivity index (χ2n) is 4.88. The lowest BCUT2D eigenvalue weighted by atomic mass is 10.1. The zero-order valence-electron chi connectivity index (χ0n) is 12.8. The molecule has 2 amide bonds. The Morgan fingerprint density at radius 2 is 1.45 bits per heavy atom. The SMILES string of the molecule is CC(=O)N(C(C)=O)c1ccc(N=Nc2ccccc2)cc1C. The van der Waals surface area contributed by atoms with Crippen LogP contribution < -0.4 is 4.90 Å². The first-order valence-corrected chi connectivity index (χ1v) is 6.87. The molecule has 0 radical (unpaired) electrons. The van der Waals surface area contributed by atoms with Crippen molar-refractivity contribution in [2.24, 2.45) is 10.2 Å². The van der Waals surface area contributed by atoms with E-state index in [1.165, 1.54) is 13.8 Å². The van der Waals surface area contributed by atoms with Crippen molar-refractivity contribution < 1.29 is 9.59 Å². The lowest BCUT2D eigenvalue weighted by Crippen LogP contribution is -2.33. The summed E-state index contributed by atoms with van der Waals surface area (Å²) in [6, 6.07) is 14.6. The molecule has 0 N–H and O–H groups in total. The standard InChI is InChI=1S/C17H17N3O2/c1-12-11-16(19-18-15-7-5-4-6-8-15)9-10-17(12)20(13(2)21)14(3)22/h4-11H,1-3H3. The molecule has 0 bridgehead atoms. The predicted molar refractivity (Wildman–Crippen MR) is 85.6 cm³/mol. The lowest BCUT2D eigenvalue weighted by molar-refractivity contribution is -0.124. The van der Waals surface area contributed by atoms with Crippen molar-refractivity contribution in [1.29, 1.82) is 0 Å². The lowest BCUT2D eigenvalue weighted by Gasteiger charge is -2.19. The molecule has 0 saturated carbocycles. The quantitative estimate of drug-likeness (QED) is 0.792. The van der Waals surface area contributed by atoms with Gasteiger partial charge in [-0.05, 0) is 42.8 Å². The minimum absolute atomic E-state index is 0.311. The van der Waals surface area contributed by atoms with Crippen LogP contribution in [0.25, 0.3) is 0 Å². The molecule has 5 heteroatoms. The van der Waals surface area contributed by atoms with Crippen LogP contribution in [0.1, 0.15) is 19.4 Å². The third-order valence-corrected chi connectivity index (χ3v) is 3.09. The number of carbonyl (C=O) groups excluding carboxylic acids is 2. The van der Waals surface area contributed by atoms with Crippen LogP contribution in [0.2, 0.25) is 0 Å². The van der Waals surface area contributed by atoms with Gasteiger partial charge in [-0.3, -0.25) is 14.5 Å². The van der Waals surface area contributed by atoms with Crippen LogP contribution in [0.3, 0.4) is 0 Å². The highest BCUT2D eigenvalue weighted by atomic mass is 16.2. The molecule has 0 spiro atoms. The van der Waals surface area contributed by atoms with Gasteiger partial charge in [0.15, 0.2) is 0 Å². The molecule has 0 fully saturated rings. The van der Waals surface area contributed by atoms with E-state index in [9.17, 15) is 9.59 Å². The van der Waals surface area contributed by atoms with E-state index in [1.807, 2.05) is 37.3 Å². The van der Waals surface area contributed by atoms with Crippen molar-refractivity contribution in [3.8, 4) is 0 Å². The van der Waals surface area contributed by atoms with E-state index in [2.05, 4.69) is 10.2 Å². The van der Waals surface area contributed by atoms with Gasteiger partial charge < -0.3 is 0 Å². The fourth-order valence-corrected chi connectivity index (χ4v) is 2.12. The molecule has 0 unspecified atom stereocenters. The number of aryl methyl sites for hydroxylation is 1. The zero-order valence-corrected chi connectivity index (χ0v) is 12.8. The number of azo groups is 1. The number of rotatable bonds is 3. The molecule has 2 rings (SSSR count). The van der Waals surface area contributed by atoms with Crippen LogP contribution in [-0.4, -0.2) is 11.8 Å². The number of hydrogen-bond acceptors (Lipinski definition) is 4. The second-order valence-corrected chi connectivity index (χ2v) is 4.88. The molecular weight excluding hydrogens is 278 g/mol. The van der Waals surface area contributed by atoms with Gasteiger partial charge in [0.25, 0.3) is 0 Å². The highest BCUT2D eigenvalue weighted by Gasteiger charge is 2.18. The average Bonchev–Trinajstić information content (AvgIpc) is 2.48. The summed E-state index contributed by atoms with van der Waals surface area (Å²) >= 11 is 0. The van der Waals surface area contributed by atoms with E-state index >= 15 is 0 Å². The average molecular weight is 295 g/mol. The molecule has 0 aliphatic carbocycles. The number of benzene rings is 2. The van der Waals surface area contributed by atoms with E-state index < -0.39 is 0 Å². The van der Waals surface area contributed by atoms with Gasteiger partial charge in [-0.2, -0.15) is 10.2 Å². The van der Waals surface area contributed by atoms with Crippen molar-refractivity contribution in [3.05, 3.63) is 54.1 Å². The first kappa shape index (κ1) is 15.6. The maximum Gasteiger partial charge on any atom is 0.230 e. The summed E-state index contributed by atoms with van der Waals surface area (Å²) in [4.78, 5) is 24.3. The second kappa shape index (κ2) is 6.76. The summed E-state index contributed by atoms with van der Waals surface area (Å²) in [6.45, 7) is 4.56. The fourth-order valence-electron chi connectivity index (χ4n) is 2.12. The molecule has 5 nitrogen and oxygen atoms in total. The van der Waals surface area contributed by atoms with Crippen molar-refractivity contribution in [2.75, 3.05) is 4.90 Å². The van der Waals surface area contributed by atoms with Crippen LogP contribution in [0, 0.1) is 6.92 Å². The van der Waals surface area contributed by atoms with Gasteiger partial charge in [0.1, 0.15) is 0 Å². The highest BCUT2D eigenvalue weighted by Crippen LogP contribution is 2.26. The van der Waals surface area contributed by atoms with Gasteiger partial charge >= 0.3 is 0 Å². The van der Waals surface area contributed by atoms with Gasteiger partial charge in [-0.25, -0.2) is 0 Å². The van der Waals surface area contributed by atoms with Crippen LogP contribution in [-0.2, 0) is 9.59 Å². The van der Waals surface area contributed by atoms with E-state index in [4.69, 9.17) is 0 Å². The van der Waals surface area contributed by atoms with Gasteiger partial charge in [-0.15, -0.1) is 0 Å². The monoisotopic (exact) mass is 295 g/mol. The Morgan fingerprint density at radius 1 is 0.864 bits per heavy atom. The normalized spacial score (nSPS) is 10.7. The summed E-state index contributed by atoms with van der Waals surface area (Å²) in [7, 11) is 0. The first-order chi connectivity index (χ1) is 10.5. The van der Waals surface area contributed by atoms with Crippen molar-refractivity contribution in [1.82, 2.24) is 0 Å². The Kier molecular flexibility index (Phi) is 4.78. The molecule has 112 valence electrons. The molecule has 0 saturated heterocycles. The fraction of sp³-hybridized carbons (Fsp3) is 0.176. The number of carbonyl (C=O) groups is 2. The van der Waals surface area contributed by atoms with Crippen LogP contribution in [0.5, 0.6) is 0 Å². The smallest absolute Gasteiger partial charge is 0.230 e. The molecule has 0 atom stereocenters. The van der Waals surface area contributed by atoms with E-state index in [0.29, 0.717) is 11.4 Å². The number of imide groups is 1. The maximum atomic E-state index is 11.6. The molecule has 0 heterocycles. The van der Waals surface area contributed by atoms with Crippen LogP contribution >= 0.6 is 0 Å². The predicted octanol–water partition coefficient (Wildman–Crippen LogP) is 4.31. The largest absolute Gasteiger partial charge is 0.274 e. The number of hydrogen-bond donors (Lipinski definition) is 0. The molecular formula is C17H17N3O2. The maximum absolute atomic E-state index is 11.6. The topological polar surface area (TPSA) is 62.1 Å². The Labute approximate surface area is 129 Å². The Bertz CT molecular complexity index is 710. The van der Waals surface area contributed by atoms with Crippen LogP contribution in [0.15, 0.2) is 58.8 Å². The summed E-state index contributed by atoms with van der Waals surface area (Å²) in [5, 5.41) is 8.30. The van der Waals surface area contributed by atoms with E-state index in [0.717, 1.165) is 16.2 Å². The molecule has 2 aromatic carbocycles. The number of nitrogens with zero attached hydrogens (tertiary/aromatic N) is 3. The molecule has 0 aliphatic rings. The third kappa shape index (κ3) is 3.63. The summed E-state index contributed by atoms with van der Waals surface area (Å²) in [6.07, 6.45) is 0. The Hall–Kier alpha value is -2.82. The minimum atomic E-state index is -0.311. The van der Waals surface area contributed by atoms with E-state index in [-0.39, 0.29) is 11.8 Å². The molecule has 0 aromatic heterocycles. The first-order valence-electron chi connectivity index (χ1n) is 6.87. The van der Waals surface area contributed by atoms with Crippen LogP contribution in [0.4, 0.5) is 17.1 Å². The zero-order chi connectivity index (χ0) is 16.1. The van der Waals surface area contributed by atoms with Gasteiger partial charge in [-0.1, -0.05) is 18.2 Å². The Balaban J connectivity index is 2.28. The van der Waals surface area contributed by atoms with Gasteiger partial charge in [0.05, 0.1) is 17.1 Å². The van der Waals surface area contributed by atoms with E-state index in [1.54, 1.807) is 18.2 Å². The number of anilines is 1. The Morgan fingerprint density at radius 3 is 2.00 bits per heavy atom. The molecule has 22 heavy (non-hydrogen) atoms. The summed E-state index contributed by atoms with van der Waals surface area (Å²) in [5.74, 6) is -0.622. The van der Waals surface area contributed by atoms with Gasteiger partial charge in [0, 0.05) is 13.8 Å². The summed E-state index contributed by atoms with van der Waals surface area (Å²) < 4.78 is 0. The van der Waals surface area contributed by atoms with Crippen molar-refractivity contribution in [2.45, 2.75) is 20.8 Å². The third-order valence-electron chi connectivity index (χ3n) is 3.09. The summed E-state index contributed by atoms with van der Waals surface area (Å²) in [5.41, 5.74) is 2.78. The molecule has 0 aliphatic heterocycles. The molecule has 2 aromatic rings. The minimum Gasteiger partial charge on any atom is -0.274 e.